The highest BCUT2D eigenvalue weighted by Crippen LogP contribution is 2.42. The van der Waals surface area contributed by atoms with Gasteiger partial charge in [-0.2, -0.15) is 0 Å². The van der Waals surface area contributed by atoms with Crippen molar-refractivity contribution in [2.45, 2.75) is 59.8 Å². The maximum Gasteiger partial charge on any atom is 0.120 e. The summed E-state index contributed by atoms with van der Waals surface area (Å²) in [5.74, 6) is 2.29. The fourth-order valence-corrected chi connectivity index (χ4v) is 2.90. The third-order valence-corrected chi connectivity index (χ3v) is 4.27. The van der Waals surface area contributed by atoms with E-state index in [1.165, 1.54) is 25.7 Å². The van der Waals surface area contributed by atoms with E-state index < -0.39 is 0 Å². The fourth-order valence-electron chi connectivity index (χ4n) is 2.90. The van der Waals surface area contributed by atoms with E-state index in [2.05, 4.69) is 27.7 Å². The molecule has 0 amide bonds. The van der Waals surface area contributed by atoms with E-state index >= 15 is 0 Å². The summed E-state index contributed by atoms with van der Waals surface area (Å²) in [6.45, 7) is 9.29. The van der Waals surface area contributed by atoms with Crippen LogP contribution in [0.25, 0.3) is 0 Å². The first kappa shape index (κ1) is 12.7. The molecular weight excluding hydrogens is 184 g/mol. The molecule has 1 fully saturated rings. The Hall–Kier alpha value is -0.330. The molecule has 1 aliphatic carbocycles. The molecule has 1 aliphatic rings. The summed E-state index contributed by atoms with van der Waals surface area (Å²) in [4.78, 5) is 10.5. The van der Waals surface area contributed by atoms with Gasteiger partial charge in [0, 0.05) is 6.42 Å². The van der Waals surface area contributed by atoms with Crippen LogP contribution < -0.4 is 0 Å². The van der Waals surface area contributed by atoms with Crippen LogP contribution in [0.5, 0.6) is 0 Å². The van der Waals surface area contributed by atoms with Crippen molar-refractivity contribution in [1.29, 1.82) is 0 Å². The Morgan fingerprint density at radius 1 is 1.20 bits per heavy atom. The van der Waals surface area contributed by atoms with Crippen LogP contribution in [0.4, 0.5) is 0 Å². The molecule has 0 radical (unpaired) electrons. The molecule has 0 aromatic rings. The molecule has 0 saturated heterocycles. The summed E-state index contributed by atoms with van der Waals surface area (Å²) < 4.78 is 0. The van der Waals surface area contributed by atoms with Crippen LogP contribution in [-0.4, -0.2) is 6.29 Å². The number of hydrogen-bond acceptors (Lipinski definition) is 1. The SMILES string of the molecule is CC(CC=O)C1CCC(C(C)(C)C)CC1. The van der Waals surface area contributed by atoms with Crippen LogP contribution in [0.2, 0.25) is 0 Å². The molecule has 1 heteroatoms. The average Bonchev–Trinajstić information content (AvgIpc) is 2.17. The Kier molecular flexibility index (Phi) is 4.36. The van der Waals surface area contributed by atoms with Gasteiger partial charge in [0.15, 0.2) is 0 Å². The molecule has 1 rings (SSSR count). The van der Waals surface area contributed by atoms with Crippen molar-refractivity contribution in [1.82, 2.24) is 0 Å². The minimum Gasteiger partial charge on any atom is -0.303 e. The number of aldehydes is 1. The lowest BCUT2D eigenvalue weighted by atomic mass is 9.67. The largest absolute Gasteiger partial charge is 0.303 e. The predicted molar refractivity (Wildman–Crippen MR) is 64.7 cm³/mol. The first-order valence-electron chi connectivity index (χ1n) is 6.38. The van der Waals surface area contributed by atoms with Gasteiger partial charge in [0.25, 0.3) is 0 Å². The van der Waals surface area contributed by atoms with Gasteiger partial charge >= 0.3 is 0 Å². The van der Waals surface area contributed by atoms with Gasteiger partial charge < -0.3 is 4.79 Å². The van der Waals surface area contributed by atoms with Crippen molar-refractivity contribution in [3.05, 3.63) is 0 Å². The van der Waals surface area contributed by atoms with E-state index in [0.717, 1.165) is 24.5 Å². The van der Waals surface area contributed by atoms with E-state index in [-0.39, 0.29) is 0 Å². The topological polar surface area (TPSA) is 17.1 Å². The Bertz CT molecular complexity index is 194. The van der Waals surface area contributed by atoms with E-state index in [4.69, 9.17) is 0 Å². The van der Waals surface area contributed by atoms with Crippen molar-refractivity contribution < 1.29 is 4.79 Å². The van der Waals surface area contributed by atoms with Gasteiger partial charge in [0.05, 0.1) is 0 Å². The molecule has 0 N–H and O–H groups in total. The van der Waals surface area contributed by atoms with Crippen molar-refractivity contribution >= 4 is 6.29 Å². The Balaban J connectivity index is 2.39. The summed E-state index contributed by atoms with van der Waals surface area (Å²) in [7, 11) is 0. The highest BCUT2D eigenvalue weighted by atomic mass is 16.1. The van der Waals surface area contributed by atoms with Gasteiger partial charge in [-0.3, -0.25) is 0 Å². The zero-order valence-electron chi connectivity index (χ0n) is 10.8. The predicted octanol–water partition coefficient (Wildman–Crippen LogP) is 4.06. The summed E-state index contributed by atoms with van der Waals surface area (Å²) >= 11 is 0. The maximum atomic E-state index is 10.5. The third-order valence-electron chi connectivity index (χ3n) is 4.27. The molecular formula is C14H26O. The molecule has 0 aromatic heterocycles. The zero-order valence-corrected chi connectivity index (χ0v) is 10.8. The summed E-state index contributed by atoms with van der Waals surface area (Å²) in [6, 6.07) is 0. The molecule has 1 nitrogen and oxygen atoms in total. The van der Waals surface area contributed by atoms with Crippen LogP contribution in [0.1, 0.15) is 59.8 Å². The van der Waals surface area contributed by atoms with Gasteiger partial charge in [0.1, 0.15) is 6.29 Å². The minimum atomic E-state index is 0.471. The molecule has 1 saturated carbocycles. The number of carbonyl (C=O) groups excluding carboxylic acids is 1. The molecule has 0 bridgehead atoms. The number of carbonyl (C=O) groups is 1. The minimum absolute atomic E-state index is 0.471. The lowest BCUT2D eigenvalue weighted by Gasteiger charge is -2.38. The summed E-state index contributed by atoms with van der Waals surface area (Å²) in [6.07, 6.45) is 7.22. The Morgan fingerprint density at radius 2 is 1.73 bits per heavy atom. The first-order chi connectivity index (χ1) is 6.95. The van der Waals surface area contributed by atoms with Crippen LogP contribution >= 0.6 is 0 Å². The van der Waals surface area contributed by atoms with Crippen molar-refractivity contribution in [2.75, 3.05) is 0 Å². The lowest BCUT2D eigenvalue weighted by molar-refractivity contribution is -0.109. The highest BCUT2D eigenvalue weighted by molar-refractivity contribution is 5.49. The highest BCUT2D eigenvalue weighted by Gasteiger charge is 2.31. The fraction of sp³-hybridized carbons (Fsp3) is 0.929. The monoisotopic (exact) mass is 210 g/mol. The van der Waals surface area contributed by atoms with Gasteiger partial charge in [-0.05, 0) is 48.9 Å². The Morgan fingerprint density at radius 3 is 2.13 bits per heavy atom. The van der Waals surface area contributed by atoms with Gasteiger partial charge in [-0.25, -0.2) is 0 Å². The molecule has 0 aromatic carbocycles. The van der Waals surface area contributed by atoms with Crippen LogP contribution in [0.15, 0.2) is 0 Å². The first-order valence-corrected chi connectivity index (χ1v) is 6.38. The van der Waals surface area contributed by atoms with Crippen LogP contribution in [-0.2, 0) is 4.79 Å². The second-order valence-electron chi connectivity index (χ2n) is 6.36. The zero-order chi connectivity index (χ0) is 11.5. The molecule has 1 unspecified atom stereocenters. The third kappa shape index (κ3) is 3.62. The lowest BCUT2D eigenvalue weighted by Crippen LogP contribution is -2.28. The van der Waals surface area contributed by atoms with Crippen molar-refractivity contribution in [3.8, 4) is 0 Å². The molecule has 15 heavy (non-hydrogen) atoms. The molecule has 0 aliphatic heterocycles. The summed E-state index contributed by atoms with van der Waals surface area (Å²) in [5.41, 5.74) is 0.471. The normalized spacial score (nSPS) is 29.9. The van der Waals surface area contributed by atoms with E-state index in [1.54, 1.807) is 0 Å². The smallest absolute Gasteiger partial charge is 0.120 e. The number of rotatable bonds is 3. The van der Waals surface area contributed by atoms with Gasteiger partial charge in [-0.15, -0.1) is 0 Å². The number of hydrogen-bond donors (Lipinski definition) is 0. The second kappa shape index (κ2) is 5.14. The van der Waals surface area contributed by atoms with E-state index in [9.17, 15) is 4.79 Å². The molecule has 88 valence electrons. The summed E-state index contributed by atoms with van der Waals surface area (Å²) in [5, 5.41) is 0. The van der Waals surface area contributed by atoms with E-state index in [1.807, 2.05) is 0 Å². The van der Waals surface area contributed by atoms with Crippen LogP contribution in [0.3, 0.4) is 0 Å². The standard InChI is InChI=1S/C14H26O/c1-11(9-10-15)12-5-7-13(8-6-12)14(2,3)4/h10-13H,5-9H2,1-4H3. The maximum absolute atomic E-state index is 10.5. The average molecular weight is 210 g/mol. The van der Waals surface area contributed by atoms with Crippen molar-refractivity contribution in [3.63, 3.8) is 0 Å². The molecule has 0 heterocycles. The van der Waals surface area contributed by atoms with Crippen LogP contribution in [0, 0.1) is 23.2 Å². The Labute approximate surface area is 94.6 Å². The molecule has 0 spiro atoms. The second-order valence-corrected chi connectivity index (χ2v) is 6.36. The molecule has 1 atom stereocenters. The van der Waals surface area contributed by atoms with Crippen molar-refractivity contribution in [2.24, 2.45) is 23.2 Å². The van der Waals surface area contributed by atoms with Gasteiger partial charge in [0.2, 0.25) is 0 Å². The van der Waals surface area contributed by atoms with E-state index in [0.29, 0.717) is 11.3 Å². The van der Waals surface area contributed by atoms with Gasteiger partial charge in [-0.1, -0.05) is 27.7 Å². The quantitative estimate of drug-likeness (QED) is 0.642.